The average molecular weight is 287 g/mol. The molecule has 1 saturated carbocycles. The van der Waals surface area contributed by atoms with E-state index in [2.05, 4.69) is 33.9 Å². The SMILES string of the molecule is C=Cc1cc(C(C)NC2CC2)cc(/C=C/NC(=O)OC)n1. The van der Waals surface area contributed by atoms with Gasteiger partial charge in [-0.05, 0) is 49.6 Å². The van der Waals surface area contributed by atoms with Gasteiger partial charge in [-0.25, -0.2) is 9.78 Å². The van der Waals surface area contributed by atoms with Gasteiger partial charge in [-0.15, -0.1) is 0 Å². The van der Waals surface area contributed by atoms with Crippen LogP contribution in [-0.4, -0.2) is 24.2 Å². The fraction of sp³-hybridized carbons (Fsp3) is 0.375. The molecule has 1 unspecified atom stereocenters. The van der Waals surface area contributed by atoms with Crippen molar-refractivity contribution < 1.29 is 9.53 Å². The summed E-state index contributed by atoms with van der Waals surface area (Å²) >= 11 is 0. The zero-order valence-corrected chi connectivity index (χ0v) is 12.4. The van der Waals surface area contributed by atoms with Crippen LogP contribution in [0.15, 0.2) is 24.9 Å². The van der Waals surface area contributed by atoms with Crippen molar-refractivity contribution in [1.29, 1.82) is 0 Å². The lowest BCUT2D eigenvalue weighted by atomic mass is 10.1. The number of methoxy groups -OCH3 is 1. The lowest BCUT2D eigenvalue weighted by Gasteiger charge is -2.15. The first-order valence-corrected chi connectivity index (χ1v) is 7.04. The molecule has 0 bridgehead atoms. The quantitative estimate of drug-likeness (QED) is 0.844. The van der Waals surface area contributed by atoms with E-state index in [-0.39, 0.29) is 6.04 Å². The molecule has 1 fully saturated rings. The fourth-order valence-electron chi connectivity index (χ4n) is 1.99. The first-order chi connectivity index (χ1) is 10.1. The maximum atomic E-state index is 11.0. The Hall–Kier alpha value is -2.14. The molecule has 2 N–H and O–H groups in total. The number of hydrogen-bond acceptors (Lipinski definition) is 4. The highest BCUT2D eigenvalue weighted by Crippen LogP contribution is 2.24. The predicted molar refractivity (Wildman–Crippen MR) is 83.5 cm³/mol. The number of nitrogens with one attached hydrogen (secondary N) is 2. The molecule has 5 nitrogen and oxygen atoms in total. The summed E-state index contributed by atoms with van der Waals surface area (Å²) in [5.41, 5.74) is 2.74. The minimum atomic E-state index is -0.505. The van der Waals surface area contributed by atoms with E-state index in [1.54, 1.807) is 12.2 Å². The molecule has 2 rings (SSSR count). The summed E-state index contributed by atoms with van der Waals surface area (Å²) in [4.78, 5) is 15.4. The van der Waals surface area contributed by atoms with E-state index in [1.165, 1.54) is 26.2 Å². The molecule has 1 heterocycles. The van der Waals surface area contributed by atoms with Crippen LogP contribution in [0.4, 0.5) is 4.79 Å². The number of rotatable bonds is 6. The van der Waals surface area contributed by atoms with Crippen molar-refractivity contribution in [3.63, 3.8) is 0 Å². The van der Waals surface area contributed by atoms with Crippen molar-refractivity contribution in [3.8, 4) is 0 Å². The molecule has 0 aliphatic heterocycles. The van der Waals surface area contributed by atoms with Crippen LogP contribution in [0.2, 0.25) is 0 Å². The van der Waals surface area contributed by atoms with E-state index in [1.807, 2.05) is 12.1 Å². The number of carbonyl (C=O) groups excluding carboxylic acids is 1. The second-order valence-electron chi connectivity index (χ2n) is 5.09. The number of carbonyl (C=O) groups is 1. The lowest BCUT2D eigenvalue weighted by molar-refractivity contribution is 0.175. The number of alkyl carbamates (subject to hydrolysis) is 1. The number of nitrogens with zero attached hydrogens (tertiary/aromatic N) is 1. The Morgan fingerprint density at radius 3 is 2.81 bits per heavy atom. The van der Waals surface area contributed by atoms with Crippen molar-refractivity contribution in [2.45, 2.75) is 31.8 Å². The summed E-state index contributed by atoms with van der Waals surface area (Å²) in [6.45, 7) is 5.91. The third-order valence-corrected chi connectivity index (χ3v) is 3.30. The highest BCUT2D eigenvalue weighted by molar-refractivity contribution is 5.69. The van der Waals surface area contributed by atoms with Gasteiger partial charge < -0.3 is 10.1 Å². The van der Waals surface area contributed by atoms with Gasteiger partial charge in [0.05, 0.1) is 18.5 Å². The van der Waals surface area contributed by atoms with Crippen LogP contribution >= 0.6 is 0 Å². The smallest absolute Gasteiger partial charge is 0.410 e. The molecule has 0 aromatic carbocycles. The number of hydrogen-bond donors (Lipinski definition) is 2. The monoisotopic (exact) mass is 287 g/mol. The fourth-order valence-corrected chi connectivity index (χ4v) is 1.99. The molecule has 1 amide bonds. The second-order valence-corrected chi connectivity index (χ2v) is 5.09. The first-order valence-electron chi connectivity index (χ1n) is 7.04. The normalized spacial score (nSPS) is 15.7. The van der Waals surface area contributed by atoms with Gasteiger partial charge in [0.1, 0.15) is 0 Å². The van der Waals surface area contributed by atoms with Crippen molar-refractivity contribution in [3.05, 3.63) is 41.9 Å². The van der Waals surface area contributed by atoms with Gasteiger partial charge in [0.25, 0.3) is 0 Å². The third-order valence-electron chi connectivity index (χ3n) is 3.30. The topological polar surface area (TPSA) is 63.2 Å². The summed E-state index contributed by atoms with van der Waals surface area (Å²) in [5.74, 6) is 0. The van der Waals surface area contributed by atoms with Crippen LogP contribution in [0, 0.1) is 0 Å². The molecule has 0 saturated heterocycles. The van der Waals surface area contributed by atoms with E-state index in [0.29, 0.717) is 6.04 Å². The molecule has 1 aromatic rings. The Morgan fingerprint density at radius 1 is 1.48 bits per heavy atom. The Labute approximate surface area is 125 Å². The minimum Gasteiger partial charge on any atom is -0.453 e. The van der Waals surface area contributed by atoms with Gasteiger partial charge in [0.15, 0.2) is 0 Å². The highest BCUT2D eigenvalue weighted by atomic mass is 16.5. The average Bonchev–Trinajstić information content (AvgIpc) is 3.30. The van der Waals surface area contributed by atoms with E-state index in [0.717, 1.165) is 17.0 Å². The van der Waals surface area contributed by atoms with Crippen molar-refractivity contribution in [1.82, 2.24) is 15.6 Å². The van der Waals surface area contributed by atoms with E-state index < -0.39 is 6.09 Å². The molecule has 0 spiro atoms. The molecular formula is C16H21N3O2. The van der Waals surface area contributed by atoms with E-state index in [4.69, 9.17) is 0 Å². The Kier molecular flexibility index (Phi) is 5.11. The van der Waals surface area contributed by atoms with Gasteiger partial charge in [0, 0.05) is 18.3 Å². The molecule has 1 aliphatic rings. The van der Waals surface area contributed by atoms with Gasteiger partial charge in [-0.2, -0.15) is 0 Å². The molecule has 21 heavy (non-hydrogen) atoms. The summed E-state index contributed by atoms with van der Waals surface area (Å²) in [6.07, 6.45) is 6.97. The second kappa shape index (κ2) is 7.04. The summed E-state index contributed by atoms with van der Waals surface area (Å²) in [7, 11) is 1.32. The number of pyridine rings is 1. The number of amides is 1. The van der Waals surface area contributed by atoms with Crippen molar-refractivity contribution >= 4 is 18.2 Å². The minimum absolute atomic E-state index is 0.264. The summed E-state index contributed by atoms with van der Waals surface area (Å²) < 4.78 is 4.50. The van der Waals surface area contributed by atoms with Crippen LogP contribution < -0.4 is 10.6 Å². The molecule has 1 aliphatic carbocycles. The van der Waals surface area contributed by atoms with Crippen molar-refractivity contribution in [2.75, 3.05) is 7.11 Å². The van der Waals surface area contributed by atoms with Crippen LogP contribution in [0.25, 0.3) is 12.2 Å². The lowest BCUT2D eigenvalue weighted by Crippen LogP contribution is -2.21. The van der Waals surface area contributed by atoms with Gasteiger partial charge >= 0.3 is 6.09 Å². The van der Waals surface area contributed by atoms with Gasteiger partial charge in [0.2, 0.25) is 0 Å². The molecule has 1 aromatic heterocycles. The Bertz CT molecular complexity index is 550. The third kappa shape index (κ3) is 4.72. The van der Waals surface area contributed by atoms with Gasteiger partial charge in [-0.1, -0.05) is 6.58 Å². The molecule has 112 valence electrons. The largest absolute Gasteiger partial charge is 0.453 e. The standard InChI is InChI=1S/C16H21N3O2/c1-4-13-9-12(11(2)18-14-5-6-14)10-15(19-13)7-8-17-16(20)21-3/h4,7-11,14,18H,1,5-6H2,2-3H3,(H,17,20)/b8-7+. The zero-order chi connectivity index (χ0) is 15.2. The van der Waals surface area contributed by atoms with Crippen molar-refractivity contribution in [2.24, 2.45) is 0 Å². The molecule has 0 radical (unpaired) electrons. The zero-order valence-electron chi connectivity index (χ0n) is 12.4. The van der Waals surface area contributed by atoms with E-state index in [9.17, 15) is 4.79 Å². The molecule has 5 heteroatoms. The Morgan fingerprint density at radius 2 is 2.19 bits per heavy atom. The first kappa shape index (κ1) is 15.3. The maximum Gasteiger partial charge on any atom is 0.410 e. The highest BCUT2D eigenvalue weighted by Gasteiger charge is 2.23. The van der Waals surface area contributed by atoms with Crippen LogP contribution in [-0.2, 0) is 4.74 Å². The molecular weight excluding hydrogens is 266 g/mol. The number of ether oxygens (including phenoxy) is 1. The summed E-state index contributed by atoms with van der Waals surface area (Å²) in [5, 5.41) is 6.04. The van der Waals surface area contributed by atoms with E-state index >= 15 is 0 Å². The molecule has 1 atom stereocenters. The number of aromatic nitrogens is 1. The van der Waals surface area contributed by atoms with Crippen LogP contribution in [0.3, 0.4) is 0 Å². The maximum absolute atomic E-state index is 11.0. The Balaban J connectivity index is 2.12. The van der Waals surface area contributed by atoms with Crippen LogP contribution in [0.1, 0.15) is 42.8 Å². The summed E-state index contributed by atoms with van der Waals surface area (Å²) in [6, 6.07) is 4.93. The predicted octanol–water partition coefficient (Wildman–Crippen LogP) is 2.86. The van der Waals surface area contributed by atoms with Crippen LogP contribution in [0.5, 0.6) is 0 Å². The van der Waals surface area contributed by atoms with Gasteiger partial charge in [-0.3, -0.25) is 5.32 Å².